The van der Waals surface area contributed by atoms with Gasteiger partial charge in [0.25, 0.3) is 0 Å². The second-order valence-electron chi connectivity index (χ2n) is 6.76. The number of hydrogen-bond acceptors (Lipinski definition) is 2. The zero-order chi connectivity index (χ0) is 13.7. The Hall–Kier alpha value is -0.860. The van der Waals surface area contributed by atoms with E-state index < -0.39 is 0 Å². The molecule has 0 aliphatic heterocycles. The molecule has 4 rings (SSSR count). The third kappa shape index (κ3) is 2.01. The molecule has 20 heavy (non-hydrogen) atoms. The first-order valence-corrected chi connectivity index (χ1v) is 8.16. The summed E-state index contributed by atoms with van der Waals surface area (Å²) in [7, 11) is 0. The molecular weight excluding hydrogens is 268 g/mol. The lowest BCUT2D eigenvalue weighted by molar-refractivity contribution is 0.421. The molecule has 1 aromatic rings. The molecule has 0 heterocycles. The Balaban J connectivity index is 1.48. The highest BCUT2D eigenvalue weighted by molar-refractivity contribution is 6.30. The maximum Gasteiger partial charge on any atom is 0.0409 e. The van der Waals surface area contributed by atoms with Crippen molar-refractivity contribution in [3.05, 3.63) is 34.3 Å². The lowest BCUT2D eigenvalue weighted by Gasteiger charge is -2.25. The Morgan fingerprint density at radius 1 is 1.20 bits per heavy atom. The van der Waals surface area contributed by atoms with Crippen LogP contribution in [-0.2, 0) is 11.8 Å². The number of aryl methyl sites for hydroxylation is 1. The monoisotopic (exact) mass is 288 g/mol. The van der Waals surface area contributed by atoms with Gasteiger partial charge in [-0.15, -0.1) is 0 Å². The molecule has 2 saturated carbocycles. The van der Waals surface area contributed by atoms with Gasteiger partial charge in [-0.05, 0) is 68.2 Å². The first-order chi connectivity index (χ1) is 9.67. The highest BCUT2D eigenvalue weighted by atomic mass is 35.5. The fourth-order valence-corrected chi connectivity index (χ4v) is 4.41. The minimum Gasteiger partial charge on any atom is -0.310 e. The first-order valence-electron chi connectivity index (χ1n) is 7.79. The first kappa shape index (κ1) is 12.8. The summed E-state index contributed by atoms with van der Waals surface area (Å²) in [6, 6.07) is 7.69. The van der Waals surface area contributed by atoms with Crippen molar-refractivity contribution in [2.75, 3.05) is 0 Å². The molecule has 106 valence electrons. The average molecular weight is 289 g/mol. The van der Waals surface area contributed by atoms with Crippen LogP contribution in [0.25, 0.3) is 0 Å². The molecule has 2 fully saturated rings. The Morgan fingerprint density at radius 3 is 2.80 bits per heavy atom. The van der Waals surface area contributed by atoms with E-state index in [0.717, 1.165) is 36.4 Å². The Morgan fingerprint density at radius 2 is 2.00 bits per heavy atom. The van der Waals surface area contributed by atoms with Crippen LogP contribution in [0.15, 0.2) is 18.2 Å². The third-order valence-corrected chi connectivity index (χ3v) is 5.79. The summed E-state index contributed by atoms with van der Waals surface area (Å²) in [5.41, 5.74) is 4.33. The molecule has 2 N–H and O–H groups in total. The molecule has 0 saturated heterocycles. The normalized spacial score (nSPS) is 35.4. The molecule has 0 radical (unpaired) electrons. The second-order valence-corrected chi connectivity index (χ2v) is 7.20. The van der Waals surface area contributed by atoms with Gasteiger partial charge in [0.15, 0.2) is 0 Å². The van der Waals surface area contributed by atoms with Gasteiger partial charge >= 0.3 is 0 Å². The second kappa shape index (κ2) is 4.57. The zero-order valence-corrected chi connectivity index (χ0v) is 12.5. The molecule has 3 aliphatic rings. The summed E-state index contributed by atoms with van der Waals surface area (Å²) in [5, 5.41) is 12.5. The van der Waals surface area contributed by atoms with E-state index in [1.165, 1.54) is 30.4 Å². The van der Waals surface area contributed by atoms with Crippen LogP contribution < -0.4 is 5.32 Å². The lowest BCUT2D eigenvalue weighted by Crippen LogP contribution is -2.37. The van der Waals surface area contributed by atoms with Gasteiger partial charge in [0.05, 0.1) is 0 Å². The summed E-state index contributed by atoms with van der Waals surface area (Å²) in [4.78, 5) is 0. The van der Waals surface area contributed by atoms with Crippen molar-refractivity contribution in [2.45, 2.75) is 62.4 Å². The number of hydrogen-bond donors (Lipinski definition) is 2. The summed E-state index contributed by atoms with van der Waals surface area (Å²) in [5.74, 6) is 0. The zero-order valence-electron chi connectivity index (χ0n) is 11.7. The van der Waals surface area contributed by atoms with Gasteiger partial charge in [-0.2, -0.15) is 0 Å². The average Bonchev–Trinajstić information content (AvgIpc) is 3.01. The van der Waals surface area contributed by atoms with E-state index in [1.807, 2.05) is 6.07 Å². The number of rotatable bonds is 2. The van der Waals surface area contributed by atoms with Crippen molar-refractivity contribution in [1.82, 2.24) is 5.32 Å². The van der Waals surface area contributed by atoms with Crippen molar-refractivity contribution in [2.24, 2.45) is 0 Å². The standard InChI is InChI=1S/C17H21ClN2/c18-12-2-1-11-7-8-17(15(11)9-12)10-16(17)20-14-5-3-13(19)4-6-14/h1-2,9,14,16,19-20H,3-8,10H2. The molecule has 0 amide bonds. The van der Waals surface area contributed by atoms with Crippen molar-refractivity contribution in [1.29, 1.82) is 5.41 Å². The van der Waals surface area contributed by atoms with Crippen LogP contribution in [0.3, 0.4) is 0 Å². The molecule has 1 aromatic carbocycles. The van der Waals surface area contributed by atoms with Gasteiger partial charge in [-0.3, -0.25) is 0 Å². The SMILES string of the molecule is N=C1CCC(NC2CC23CCc2ccc(Cl)cc23)CC1. The van der Waals surface area contributed by atoms with E-state index in [1.54, 1.807) is 0 Å². The molecule has 2 unspecified atom stereocenters. The van der Waals surface area contributed by atoms with Crippen LogP contribution >= 0.6 is 11.6 Å². The van der Waals surface area contributed by atoms with Gasteiger partial charge in [-0.25, -0.2) is 0 Å². The highest BCUT2D eigenvalue weighted by Gasteiger charge is 2.58. The highest BCUT2D eigenvalue weighted by Crippen LogP contribution is 2.57. The topological polar surface area (TPSA) is 35.9 Å². The number of halogens is 1. The minimum absolute atomic E-state index is 0.380. The van der Waals surface area contributed by atoms with Gasteiger partial charge in [-0.1, -0.05) is 17.7 Å². The molecule has 3 heteroatoms. The third-order valence-electron chi connectivity index (χ3n) is 5.55. The number of benzene rings is 1. The van der Waals surface area contributed by atoms with Crippen molar-refractivity contribution in [3.8, 4) is 0 Å². The molecule has 0 aromatic heterocycles. The molecule has 1 spiro atoms. The Bertz CT molecular complexity index is 558. The Kier molecular flexibility index (Phi) is 2.94. The van der Waals surface area contributed by atoms with E-state index in [0.29, 0.717) is 17.5 Å². The largest absolute Gasteiger partial charge is 0.310 e. The maximum atomic E-state index is 7.71. The van der Waals surface area contributed by atoms with Gasteiger partial charge < -0.3 is 10.7 Å². The summed E-state index contributed by atoms with van der Waals surface area (Å²) in [6.07, 6.45) is 8.03. The van der Waals surface area contributed by atoms with E-state index in [9.17, 15) is 0 Å². The summed E-state index contributed by atoms with van der Waals surface area (Å²) >= 11 is 6.19. The minimum atomic E-state index is 0.380. The van der Waals surface area contributed by atoms with E-state index >= 15 is 0 Å². The van der Waals surface area contributed by atoms with Crippen molar-refractivity contribution < 1.29 is 0 Å². The summed E-state index contributed by atoms with van der Waals surface area (Å²) < 4.78 is 0. The van der Waals surface area contributed by atoms with Gasteiger partial charge in [0.1, 0.15) is 0 Å². The van der Waals surface area contributed by atoms with E-state index in [-0.39, 0.29) is 0 Å². The van der Waals surface area contributed by atoms with E-state index in [2.05, 4.69) is 17.4 Å². The van der Waals surface area contributed by atoms with Crippen LogP contribution in [0.4, 0.5) is 0 Å². The number of nitrogens with one attached hydrogen (secondary N) is 2. The predicted molar refractivity (Wildman–Crippen MR) is 83.0 cm³/mol. The van der Waals surface area contributed by atoms with Crippen LogP contribution in [0, 0.1) is 5.41 Å². The molecule has 2 atom stereocenters. The van der Waals surface area contributed by atoms with Crippen LogP contribution in [0.5, 0.6) is 0 Å². The van der Waals surface area contributed by atoms with Crippen LogP contribution in [0.1, 0.15) is 49.7 Å². The molecule has 2 nitrogen and oxygen atoms in total. The van der Waals surface area contributed by atoms with Gasteiger partial charge in [0.2, 0.25) is 0 Å². The van der Waals surface area contributed by atoms with Crippen LogP contribution in [-0.4, -0.2) is 17.8 Å². The fourth-order valence-electron chi connectivity index (χ4n) is 4.24. The smallest absolute Gasteiger partial charge is 0.0409 e. The summed E-state index contributed by atoms with van der Waals surface area (Å²) in [6.45, 7) is 0. The van der Waals surface area contributed by atoms with E-state index in [4.69, 9.17) is 17.0 Å². The molecule has 0 bridgehead atoms. The number of fused-ring (bicyclic) bond motifs is 2. The van der Waals surface area contributed by atoms with Crippen molar-refractivity contribution >= 4 is 17.3 Å². The quantitative estimate of drug-likeness (QED) is 0.852. The molecule has 3 aliphatic carbocycles. The van der Waals surface area contributed by atoms with Gasteiger partial charge in [0, 0.05) is 28.2 Å². The Labute approximate surface area is 125 Å². The molecular formula is C17H21ClN2. The predicted octanol–water partition coefficient (Wildman–Crippen LogP) is 3.85. The van der Waals surface area contributed by atoms with Crippen LogP contribution in [0.2, 0.25) is 5.02 Å². The fraction of sp³-hybridized carbons (Fsp3) is 0.588. The van der Waals surface area contributed by atoms with Crippen molar-refractivity contribution in [3.63, 3.8) is 0 Å². The lowest BCUT2D eigenvalue weighted by atomic mass is 9.92. The maximum absolute atomic E-state index is 7.71.